The molecule has 0 spiro atoms. The third-order valence-electron chi connectivity index (χ3n) is 4.00. The molecule has 3 heterocycles. The van der Waals surface area contributed by atoms with E-state index in [-0.39, 0.29) is 36.3 Å². The molecule has 2 aromatic heterocycles. The van der Waals surface area contributed by atoms with Crippen LogP contribution >= 0.6 is 0 Å². The fourth-order valence-electron chi connectivity index (χ4n) is 2.63. The molecule has 1 aromatic carbocycles. The van der Waals surface area contributed by atoms with Gasteiger partial charge in [0.05, 0.1) is 12.1 Å². The number of urea groups is 1. The highest BCUT2D eigenvalue weighted by Gasteiger charge is 2.37. The second kappa shape index (κ2) is 7.10. The second-order valence-electron chi connectivity index (χ2n) is 5.82. The molecule has 1 saturated heterocycles. The fraction of sp³-hybridized carbons (Fsp3) is 0.176. The Bertz CT molecular complexity index is 1010. The van der Waals surface area contributed by atoms with E-state index in [0.29, 0.717) is 5.69 Å². The van der Waals surface area contributed by atoms with E-state index in [9.17, 15) is 18.4 Å². The zero-order valence-electron chi connectivity index (χ0n) is 14.2. The molecular weight excluding hydrogens is 374 g/mol. The average Bonchev–Trinajstić information content (AvgIpc) is 3.30. The Hall–Kier alpha value is -3.76. The van der Waals surface area contributed by atoms with Crippen molar-refractivity contribution in [3.8, 4) is 11.5 Å². The topological polar surface area (TPSA) is 105 Å². The fourth-order valence-corrected chi connectivity index (χ4v) is 2.63. The molecule has 11 heteroatoms. The van der Waals surface area contributed by atoms with Gasteiger partial charge in [0.2, 0.25) is 0 Å². The lowest BCUT2D eigenvalue weighted by Crippen LogP contribution is -2.33. The third-order valence-corrected chi connectivity index (χ3v) is 4.00. The van der Waals surface area contributed by atoms with Crippen LogP contribution in [0.5, 0.6) is 0 Å². The molecule has 0 unspecified atom stereocenters. The van der Waals surface area contributed by atoms with E-state index in [1.807, 2.05) is 6.07 Å². The Morgan fingerprint density at radius 1 is 1.07 bits per heavy atom. The van der Waals surface area contributed by atoms with E-state index < -0.39 is 18.3 Å². The van der Waals surface area contributed by atoms with Crippen molar-refractivity contribution in [1.29, 1.82) is 0 Å². The Morgan fingerprint density at radius 3 is 2.43 bits per heavy atom. The van der Waals surface area contributed by atoms with E-state index in [1.165, 1.54) is 17.3 Å². The van der Waals surface area contributed by atoms with Crippen LogP contribution in [0.15, 0.2) is 47.1 Å². The van der Waals surface area contributed by atoms with Gasteiger partial charge in [-0.25, -0.2) is 14.8 Å². The minimum Gasteiger partial charge on any atom is -0.415 e. The van der Waals surface area contributed by atoms with Crippen molar-refractivity contribution in [2.24, 2.45) is 0 Å². The zero-order valence-corrected chi connectivity index (χ0v) is 14.2. The molecule has 0 radical (unpaired) electrons. The third kappa shape index (κ3) is 3.29. The Kier molecular flexibility index (Phi) is 4.47. The number of aromatic nitrogens is 4. The summed E-state index contributed by atoms with van der Waals surface area (Å²) in [6.45, 7) is -0.188. The van der Waals surface area contributed by atoms with E-state index >= 15 is 0 Å². The van der Waals surface area contributed by atoms with Gasteiger partial charge < -0.3 is 4.42 Å². The summed E-state index contributed by atoms with van der Waals surface area (Å²) < 4.78 is 29.9. The first kappa shape index (κ1) is 17.6. The molecule has 0 bridgehead atoms. The Morgan fingerprint density at radius 2 is 1.79 bits per heavy atom. The van der Waals surface area contributed by atoms with E-state index in [2.05, 4.69) is 20.2 Å². The normalized spacial score (nSPS) is 14.4. The first-order chi connectivity index (χ1) is 13.5. The van der Waals surface area contributed by atoms with Crippen molar-refractivity contribution in [3.63, 3.8) is 0 Å². The van der Waals surface area contributed by atoms with E-state index in [1.54, 1.807) is 24.3 Å². The minimum absolute atomic E-state index is 0.0701. The second-order valence-corrected chi connectivity index (χ2v) is 5.82. The number of anilines is 1. The summed E-state index contributed by atoms with van der Waals surface area (Å²) in [6, 6.07) is 8.36. The summed E-state index contributed by atoms with van der Waals surface area (Å²) in [6.07, 6.45) is -0.280. The highest BCUT2D eigenvalue weighted by Crippen LogP contribution is 2.23. The largest absolute Gasteiger partial charge is 0.415 e. The van der Waals surface area contributed by atoms with E-state index in [0.717, 1.165) is 4.90 Å². The van der Waals surface area contributed by atoms with Crippen molar-refractivity contribution in [2.75, 3.05) is 11.4 Å². The van der Waals surface area contributed by atoms with Crippen molar-refractivity contribution >= 4 is 17.6 Å². The maximum Gasteiger partial charge on any atom is 0.332 e. The molecule has 0 N–H and O–H groups in total. The summed E-state index contributed by atoms with van der Waals surface area (Å²) in [4.78, 5) is 35.3. The van der Waals surface area contributed by atoms with Gasteiger partial charge in [-0.1, -0.05) is 18.2 Å². The van der Waals surface area contributed by atoms with Crippen LogP contribution in [0.2, 0.25) is 0 Å². The van der Waals surface area contributed by atoms with Crippen molar-refractivity contribution < 1.29 is 22.8 Å². The molecule has 9 nitrogen and oxygen atoms in total. The van der Waals surface area contributed by atoms with Gasteiger partial charge in [0.1, 0.15) is 12.4 Å². The maximum atomic E-state index is 12.5. The SMILES string of the molecule is O=C1CN(c2ccccc2)C(=O)N1Cc1ncc(-c2nnc(C(F)F)o2)cn1. The number of hydrogen-bond acceptors (Lipinski definition) is 7. The van der Waals surface area contributed by atoms with E-state index in [4.69, 9.17) is 4.42 Å². The van der Waals surface area contributed by atoms with Crippen molar-refractivity contribution in [1.82, 2.24) is 25.1 Å². The monoisotopic (exact) mass is 386 g/mol. The lowest BCUT2D eigenvalue weighted by Gasteiger charge is -2.16. The average molecular weight is 386 g/mol. The summed E-state index contributed by atoms with van der Waals surface area (Å²) in [5.74, 6) is -1.12. The van der Waals surface area contributed by atoms with Crippen LogP contribution < -0.4 is 4.90 Å². The molecule has 3 amide bonds. The van der Waals surface area contributed by atoms with Crippen LogP contribution in [0.3, 0.4) is 0 Å². The van der Waals surface area contributed by atoms with Gasteiger partial charge in [0, 0.05) is 18.1 Å². The van der Waals surface area contributed by atoms with Crippen LogP contribution in [0, 0.1) is 0 Å². The molecule has 0 atom stereocenters. The zero-order chi connectivity index (χ0) is 19.7. The Balaban J connectivity index is 1.48. The maximum absolute atomic E-state index is 12.5. The van der Waals surface area contributed by atoms with Gasteiger partial charge in [-0.3, -0.25) is 14.6 Å². The standard InChI is InChI=1S/C17H12F2N6O3/c18-14(19)16-23-22-15(28-16)10-6-20-12(21-7-10)8-25-13(26)9-24(17(25)27)11-4-2-1-3-5-11/h1-7,14H,8-9H2. The molecule has 142 valence electrons. The molecular formula is C17H12F2N6O3. The highest BCUT2D eigenvalue weighted by atomic mass is 19.3. The van der Waals surface area contributed by atoms with Crippen LogP contribution in [0.4, 0.5) is 19.3 Å². The van der Waals surface area contributed by atoms with Gasteiger partial charge in [-0.15, -0.1) is 10.2 Å². The molecule has 1 aliphatic heterocycles. The number of rotatable bonds is 5. The molecule has 1 aliphatic rings. The number of amides is 3. The summed E-state index contributed by atoms with van der Waals surface area (Å²) >= 11 is 0. The summed E-state index contributed by atoms with van der Waals surface area (Å²) in [5, 5.41) is 6.74. The van der Waals surface area contributed by atoms with Crippen molar-refractivity contribution in [2.45, 2.75) is 13.0 Å². The van der Waals surface area contributed by atoms with Gasteiger partial charge in [0.25, 0.3) is 17.7 Å². The summed E-state index contributed by atoms with van der Waals surface area (Å²) in [5.41, 5.74) is 0.860. The van der Waals surface area contributed by atoms with Gasteiger partial charge in [-0.05, 0) is 12.1 Å². The number of hydrogen-bond donors (Lipinski definition) is 0. The molecule has 0 saturated carbocycles. The minimum atomic E-state index is -2.87. The van der Waals surface area contributed by atoms with Gasteiger partial charge in [-0.2, -0.15) is 8.78 Å². The number of carbonyl (C=O) groups is 2. The lowest BCUT2D eigenvalue weighted by atomic mass is 10.3. The van der Waals surface area contributed by atoms with Gasteiger partial charge in [0.15, 0.2) is 0 Å². The van der Waals surface area contributed by atoms with Crippen LogP contribution in [0.1, 0.15) is 18.1 Å². The predicted octanol–water partition coefficient (Wildman–Crippen LogP) is 2.43. The van der Waals surface area contributed by atoms with Crippen LogP contribution in [0.25, 0.3) is 11.5 Å². The summed E-state index contributed by atoms with van der Waals surface area (Å²) in [7, 11) is 0. The first-order valence-corrected chi connectivity index (χ1v) is 8.12. The quantitative estimate of drug-likeness (QED) is 0.620. The van der Waals surface area contributed by atoms with Crippen LogP contribution in [-0.2, 0) is 11.3 Å². The van der Waals surface area contributed by atoms with Gasteiger partial charge >= 0.3 is 12.5 Å². The lowest BCUT2D eigenvalue weighted by molar-refractivity contribution is -0.125. The molecule has 3 aromatic rings. The number of para-hydroxylation sites is 1. The smallest absolute Gasteiger partial charge is 0.332 e. The Labute approximate surface area is 156 Å². The van der Waals surface area contributed by atoms with Crippen molar-refractivity contribution in [3.05, 3.63) is 54.4 Å². The van der Waals surface area contributed by atoms with Crippen LogP contribution in [-0.4, -0.2) is 43.5 Å². The number of benzene rings is 1. The predicted molar refractivity (Wildman–Crippen MR) is 90.0 cm³/mol. The molecule has 28 heavy (non-hydrogen) atoms. The number of nitrogens with zero attached hydrogens (tertiary/aromatic N) is 6. The number of halogens is 2. The highest BCUT2D eigenvalue weighted by molar-refractivity contribution is 6.12. The first-order valence-electron chi connectivity index (χ1n) is 8.12. The molecule has 1 fully saturated rings. The number of carbonyl (C=O) groups excluding carboxylic acids is 2. The molecule has 0 aliphatic carbocycles. The molecule has 4 rings (SSSR count). The number of imide groups is 1. The number of alkyl halides is 2.